The summed E-state index contributed by atoms with van der Waals surface area (Å²) in [6.07, 6.45) is 7.53. The van der Waals surface area contributed by atoms with Crippen LogP contribution in [0.2, 0.25) is 0 Å². The topological polar surface area (TPSA) is 92.7 Å². The highest BCUT2D eigenvalue weighted by Gasteiger charge is 2.37. The summed E-state index contributed by atoms with van der Waals surface area (Å²) in [5.74, 6) is -0.380. The third-order valence-corrected chi connectivity index (χ3v) is 6.85. The molecule has 2 aliphatic rings. The zero-order valence-corrected chi connectivity index (χ0v) is 21.3. The second-order valence-electron chi connectivity index (χ2n) is 9.58. The first-order valence-electron chi connectivity index (χ1n) is 12.8. The number of nitrogens with zero attached hydrogens (tertiary/aromatic N) is 2. The van der Waals surface area contributed by atoms with Crippen molar-refractivity contribution in [2.24, 2.45) is 11.0 Å². The van der Waals surface area contributed by atoms with Crippen molar-refractivity contribution in [2.75, 3.05) is 6.61 Å². The number of ether oxygens (including phenoxy) is 1. The molecule has 7 heteroatoms. The third kappa shape index (κ3) is 5.07. The van der Waals surface area contributed by atoms with Crippen LogP contribution < -0.4 is 15.5 Å². The number of allylic oxidation sites excluding steroid dienone is 2. The third-order valence-electron chi connectivity index (χ3n) is 6.85. The number of fused-ring (bicyclic) bond motifs is 2. The first-order chi connectivity index (χ1) is 19.0. The molecule has 1 saturated heterocycles. The molecule has 0 spiro atoms. The average Bonchev–Trinajstić information content (AvgIpc) is 3.29. The van der Waals surface area contributed by atoms with Crippen molar-refractivity contribution in [1.29, 1.82) is 0 Å². The Morgan fingerprint density at radius 3 is 2.59 bits per heavy atom. The van der Waals surface area contributed by atoms with E-state index >= 15 is 0 Å². The lowest BCUT2D eigenvalue weighted by Gasteiger charge is -2.13. The number of rotatable bonds is 6. The van der Waals surface area contributed by atoms with Gasteiger partial charge in [-0.1, -0.05) is 66.3 Å². The number of amides is 2. The molecule has 2 atom stereocenters. The van der Waals surface area contributed by atoms with Crippen molar-refractivity contribution in [3.05, 3.63) is 109 Å². The Kier molecular flexibility index (Phi) is 6.47. The first kappa shape index (κ1) is 24.3. The number of hydrogen-bond acceptors (Lipinski definition) is 5. The van der Waals surface area contributed by atoms with Crippen molar-refractivity contribution in [2.45, 2.75) is 13.0 Å². The van der Waals surface area contributed by atoms with E-state index in [-0.39, 0.29) is 30.2 Å². The summed E-state index contributed by atoms with van der Waals surface area (Å²) in [6, 6.07) is 26.0. The lowest BCUT2D eigenvalue weighted by Crippen LogP contribution is -2.29. The summed E-state index contributed by atoms with van der Waals surface area (Å²) >= 11 is 0. The first-order valence-corrected chi connectivity index (χ1v) is 12.8. The smallest absolute Gasteiger partial charge is 0.277 e. The van der Waals surface area contributed by atoms with E-state index in [1.54, 1.807) is 0 Å². The standard InChI is InChI=1S/C32H26N4O3/c1-20-11-16-28-26(17-20)25(21-7-3-2-4-8-21)18-29(33-28)22-12-14-23(15-13-22)39-19-30(37)35-36-31-24-9-5-6-10-27(24)34-32(31)38/h2-18,24,27H,19H2,1H3,(H,34,38)(H,35,37)/b36-31-. The molecule has 2 unspecified atom stereocenters. The van der Waals surface area contributed by atoms with Crippen molar-refractivity contribution in [3.8, 4) is 28.1 Å². The van der Waals surface area contributed by atoms with Crippen LogP contribution in [-0.2, 0) is 9.59 Å². The minimum absolute atomic E-state index is 0.127. The molecule has 4 aromatic rings. The van der Waals surface area contributed by atoms with Crippen molar-refractivity contribution in [1.82, 2.24) is 15.7 Å². The van der Waals surface area contributed by atoms with Gasteiger partial charge in [-0.15, -0.1) is 0 Å². The number of carbonyl (C=O) groups is 2. The quantitative estimate of drug-likeness (QED) is 0.356. The van der Waals surface area contributed by atoms with Crippen LogP contribution in [0.15, 0.2) is 108 Å². The number of pyridine rings is 1. The Hall–Kier alpha value is -5.04. The summed E-state index contributed by atoms with van der Waals surface area (Å²) in [5, 5.41) is 8.00. The van der Waals surface area contributed by atoms with Crippen molar-refractivity contribution < 1.29 is 14.3 Å². The summed E-state index contributed by atoms with van der Waals surface area (Å²) in [4.78, 5) is 29.4. The van der Waals surface area contributed by atoms with Crippen LogP contribution in [0, 0.1) is 12.8 Å². The Labute approximate surface area is 225 Å². The molecule has 192 valence electrons. The maximum Gasteiger partial charge on any atom is 0.277 e. The van der Waals surface area contributed by atoms with Crippen LogP contribution in [0.3, 0.4) is 0 Å². The highest BCUT2D eigenvalue weighted by atomic mass is 16.5. The van der Waals surface area contributed by atoms with Crippen LogP contribution in [0.5, 0.6) is 5.75 Å². The molecule has 1 aliphatic carbocycles. The predicted octanol–water partition coefficient (Wildman–Crippen LogP) is 4.97. The minimum Gasteiger partial charge on any atom is -0.484 e. The maximum absolute atomic E-state index is 12.3. The predicted molar refractivity (Wildman–Crippen MR) is 152 cm³/mol. The Balaban J connectivity index is 1.16. The van der Waals surface area contributed by atoms with Crippen LogP contribution in [0.4, 0.5) is 0 Å². The normalized spacial score (nSPS) is 18.7. The number of aromatic nitrogens is 1. The van der Waals surface area contributed by atoms with Gasteiger partial charge in [0.1, 0.15) is 11.5 Å². The molecule has 2 N–H and O–H groups in total. The molecule has 0 bridgehead atoms. The Morgan fingerprint density at radius 2 is 1.77 bits per heavy atom. The molecule has 1 fully saturated rings. The van der Waals surface area contributed by atoms with Crippen molar-refractivity contribution >= 4 is 28.4 Å². The van der Waals surface area contributed by atoms with Crippen LogP contribution in [-0.4, -0.2) is 35.2 Å². The van der Waals surface area contributed by atoms with E-state index in [0.717, 1.165) is 33.3 Å². The van der Waals surface area contributed by atoms with Gasteiger partial charge in [0, 0.05) is 10.9 Å². The molecule has 0 radical (unpaired) electrons. The van der Waals surface area contributed by atoms with Gasteiger partial charge in [0.05, 0.1) is 23.2 Å². The average molecular weight is 515 g/mol. The van der Waals surface area contributed by atoms with Gasteiger partial charge >= 0.3 is 0 Å². The van der Waals surface area contributed by atoms with E-state index < -0.39 is 5.91 Å². The van der Waals surface area contributed by atoms with Crippen LogP contribution in [0.25, 0.3) is 33.3 Å². The van der Waals surface area contributed by atoms with Gasteiger partial charge in [-0.3, -0.25) is 9.59 Å². The van der Waals surface area contributed by atoms with E-state index in [1.807, 2.05) is 66.8 Å². The number of hydrazone groups is 1. The van der Waals surface area contributed by atoms with Gasteiger partial charge in [-0.05, 0) is 60.5 Å². The highest BCUT2D eigenvalue weighted by molar-refractivity contribution is 6.42. The van der Waals surface area contributed by atoms with Gasteiger partial charge in [0.25, 0.3) is 11.8 Å². The fraction of sp³-hybridized carbons (Fsp3) is 0.125. The van der Waals surface area contributed by atoms with Gasteiger partial charge in [0.2, 0.25) is 0 Å². The molecule has 3 aromatic carbocycles. The van der Waals surface area contributed by atoms with E-state index in [4.69, 9.17) is 9.72 Å². The van der Waals surface area contributed by atoms with E-state index in [0.29, 0.717) is 5.75 Å². The molecular formula is C32H26N4O3. The molecule has 2 heterocycles. The van der Waals surface area contributed by atoms with Crippen molar-refractivity contribution in [3.63, 3.8) is 0 Å². The van der Waals surface area contributed by atoms with E-state index in [2.05, 4.69) is 59.2 Å². The monoisotopic (exact) mass is 514 g/mol. The number of nitrogens with one attached hydrogen (secondary N) is 2. The largest absolute Gasteiger partial charge is 0.484 e. The molecule has 2 amide bonds. The van der Waals surface area contributed by atoms with E-state index in [1.165, 1.54) is 5.56 Å². The van der Waals surface area contributed by atoms with Crippen LogP contribution >= 0.6 is 0 Å². The Bertz CT molecular complexity index is 1660. The van der Waals surface area contributed by atoms with Crippen LogP contribution in [0.1, 0.15) is 5.56 Å². The van der Waals surface area contributed by atoms with Gasteiger partial charge in [0.15, 0.2) is 6.61 Å². The summed E-state index contributed by atoms with van der Waals surface area (Å²) in [7, 11) is 0. The molecule has 39 heavy (non-hydrogen) atoms. The fourth-order valence-electron chi connectivity index (χ4n) is 4.88. The minimum atomic E-state index is -0.447. The zero-order chi connectivity index (χ0) is 26.8. The summed E-state index contributed by atoms with van der Waals surface area (Å²) in [5.41, 5.74) is 8.88. The Morgan fingerprint density at radius 1 is 0.974 bits per heavy atom. The molecule has 0 saturated carbocycles. The number of hydrogen-bond donors (Lipinski definition) is 2. The summed E-state index contributed by atoms with van der Waals surface area (Å²) in [6.45, 7) is 1.85. The lowest BCUT2D eigenvalue weighted by molar-refractivity contribution is -0.123. The number of aryl methyl sites for hydroxylation is 1. The van der Waals surface area contributed by atoms with Gasteiger partial charge in [-0.25, -0.2) is 10.4 Å². The molecule has 6 rings (SSSR count). The number of benzene rings is 3. The highest BCUT2D eigenvalue weighted by Crippen LogP contribution is 2.33. The SMILES string of the molecule is Cc1ccc2nc(-c3ccc(OCC(=O)N/N=C4\C(=O)NC5C=CC=CC45)cc3)cc(-c3ccccc3)c2c1. The lowest BCUT2D eigenvalue weighted by atomic mass is 9.95. The second kappa shape index (κ2) is 10.4. The van der Waals surface area contributed by atoms with Gasteiger partial charge < -0.3 is 10.1 Å². The van der Waals surface area contributed by atoms with E-state index in [9.17, 15) is 9.59 Å². The molecule has 7 nitrogen and oxygen atoms in total. The second-order valence-corrected chi connectivity index (χ2v) is 9.58. The van der Waals surface area contributed by atoms with Gasteiger partial charge in [-0.2, -0.15) is 5.10 Å². The number of carbonyl (C=O) groups excluding carboxylic acids is 2. The maximum atomic E-state index is 12.3. The molecule has 1 aliphatic heterocycles. The molecular weight excluding hydrogens is 488 g/mol. The fourth-order valence-corrected chi connectivity index (χ4v) is 4.88. The molecule has 1 aromatic heterocycles. The summed E-state index contributed by atoms with van der Waals surface area (Å²) < 4.78 is 5.66. The zero-order valence-electron chi connectivity index (χ0n) is 21.3.